The van der Waals surface area contributed by atoms with Crippen LogP contribution < -0.4 is 21.3 Å². The van der Waals surface area contributed by atoms with E-state index >= 15 is 0 Å². The fraction of sp³-hybridized carbons (Fsp3) is 0.389. The lowest BCUT2D eigenvalue weighted by atomic mass is 9.95. The molecule has 2 aliphatic heterocycles. The zero-order chi connectivity index (χ0) is 35.7. The second kappa shape index (κ2) is 12.4. The van der Waals surface area contributed by atoms with Crippen LogP contribution in [0.25, 0.3) is 22.5 Å². The molecule has 1 aliphatic carbocycles. The van der Waals surface area contributed by atoms with Gasteiger partial charge in [0.05, 0.1) is 44.2 Å². The van der Waals surface area contributed by atoms with Gasteiger partial charge in [-0.25, -0.2) is 18.7 Å². The van der Waals surface area contributed by atoms with E-state index in [2.05, 4.69) is 20.2 Å². The van der Waals surface area contributed by atoms with Crippen molar-refractivity contribution in [3.05, 3.63) is 98.8 Å². The highest BCUT2D eigenvalue weighted by molar-refractivity contribution is 5.73. The molecule has 266 valence electrons. The van der Waals surface area contributed by atoms with Gasteiger partial charge < -0.3 is 34.1 Å². The van der Waals surface area contributed by atoms with Crippen LogP contribution in [0, 0.1) is 0 Å². The first kappa shape index (κ1) is 33.2. The Kier molecular flexibility index (Phi) is 8.05. The molecule has 0 aromatic carbocycles. The average molecular weight is 701 g/mol. The number of aromatic nitrogens is 5. The molecule has 2 saturated heterocycles. The van der Waals surface area contributed by atoms with Crippen molar-refractivity contribution in [2.75, 3.05) is 43.1 Å². The third kappa shape index (κ3) is 5.89. The number of alkyl halides is 2. The molecule has 7 heterocycles. The lowest BCUT2D eigenvalue weighted by Gasteiger charge is -2.50. The maximum absolute atomic E-state index is 14.2. The first-order valence-electron chi connectivity index (χ1n) is 16.9. The van der Waals surface area contributed by atoms with E-state index in [9.17, 15) is 28.6 Å². The van der Waals surface area contributed by atoms with Gasteiger partial charge in [0.2, 0.25) is 0 Å². The minimum absolute atomic E-state index is 0.179. The molecule has 5 aromatic rings. The number of anilines is 3. The molecular weight excluding hydrogens is 662 g/mol. The summed E-state index contributed by atoms with van der Waals surface area (Å²) < 4.78 is 38.0. The quantitative estimate of drug-likeness (QED) is 0.232. The summed E-state index contributed by atoms with van der Waals surface area (Å²) in [5.74, 6) is -2.23. The Balaban J connectivity index is 1.08. The number of pyridine rings is 3. The van der Waals surface area contributed by atoms with Crippen LogP contribution in [-0.2, 0) is 31.2 Å². The maximum Gasteiger partial charge on any atom is 0.280 e. The molecule has 8 rings (SSSR count). The van der Waals surface area contributed by atoms with Gasteiger partial charge in [0, 0.05) is 74.7 Å². The zero-order valence-electron chi connectivity index (χ0n) is 28.2. The van der Waals surface area contributed by atoms with Gasteiger partial charge in [-0.2, -0.15) is 0 Å². The van der Waals surface area contributed by atoms with Gasteiger partial charge in [0.1, 0.15) is 28.6 Å². The van der Waals surface area contributed by atoms with E-state index < -0.39 is 30.2 Å². The maximum atomic E-state index is 14.2. The lowest BCUT2D eigenvalue weighted by Crippen LogP contribution is -2.65. The number of aryl methyl sites for hydroxylation is 2. The van der Waals surface area contributed by atoms with E-state index in [-0.39, 0.29) is 35.4 Å². The van der Waals surface area contributed by atoms with Crippen molar-refractivity contribution in [3.8, 4) is 16.9 Å². The van der Waals surface area contributed by atoms with Crippen LogP contribution >= 0.6 is 0 Å². The van der Waals surface area contributed by atoms with Crippen molar-refractivity contribution in [3.63, 3.8) is 0 Å². The minimum Gasteiger partial charge on any atom is -0.392 e. The summed E-state index contributed by atoms with van der Waals surface area (Å²) in [6.45, 7) is 4.57. The minimum atomic E-state index is -2.83. The van der Waals surface area contributed by atoms with Gasteiger partial charge in [-0.1, -0.05) is 0 Å². The van der Waals surface area contributed by atoms with Gasteiger partial charge in [-0.05, 0) is 54.8 Å². The number of β-amino-alcohol motifs (C(OH)–C–C–N with tert-alkyl or cyclic N) is 1. The molecule has 1 atom stereocenters. The first-order valence-corrected chi connectivity index (χ1v) is 16.9. The number of fused-ring (bicyclic) bond motifs is 3. The predicted octanol–water partition coefficient (Wildman–Crippen LogP) is 2.84. The molecule has 0 amide bonds. The second-order valence-electron chi connectivity index (χ2n) is 13.8. The molecular formula is C36H38F2N8O5. The average Bonchev–Trinajstić information content (AvgIpc) is 3.43. The van der Waals surface area contributed by atoms with Crippen LogP contribution in [0.15, 0.2) is 70.9 Å². The van der Waals surface area contributed by atoms with Gasteiger partial charge >= 0.3 is 0 Å². The van der Waals surface area contributed by atoms with Crippen LogP contribution in [-0.4, -0.2) is 89.2 Å². The van der Waals surface area contributed by atoms with Crippen LogP contribution in [0.3, 0.4) is 0 Å². The molecule has 2 fully saturated rings. The summed E-state index contributed by atoms with van der Waals surface area (Å²) in [5, 5.41) is 25.0. The highest BCUT2D eigenvalue weighted by Crippen LogP contribution is 2.35. The molecule has 51 heavy (non-hydrogen) atoms. The molecule has 0 saturated carbocycles. The molecule has 0 unspecified atom stereocenters. The number of ether oxygens (including phenoxy) is 1. The highest BCUT2D eigenvalue weighted by Gasteiger charge is 2.40. The monoisotopic (exact) mass is 700 g/mol. The fourth-order valence-corrected chi connectivity index (χ4v) is 7.50. The number of aliphatic hydroxyl groups excluding tert-OH is 1. The molecule has 0 spiro atoms. The van der Waals surface area contributed by atoms with Crippen molar-refractivity contribution >= 4 is 22.7 Å². The van der Waals surface area contributed by atoms with Gasteiger partial charge in [0.25, 0.3) is 17.0 Å². The summed E-state index contributed by atoms with van der Waals surface area (Å²) in [6, 6.07) is 8.93. The molecule has 3 N–H and O–H groups in total. The van der Waals surface area contributed by atoms with Crippen molar-refractivity contribution in [2.24, 2.45) is 7.05 Å². The Labute approximate surface area is 291 Å². The number of halogens is 2. The molecule has 0 radical (unpaired) electrons. The van der Waals surface area contributed by atoms with E-state index in [1.54, 1.807) is 56.8 Å². The first-order chi connectivity index (χ1) is 24.4. The predicted molar refractivity (Wildman–Crippen MR) is 186 cm³/mol. The Morgan fingerprint density at radius 1 is 1.08 bits per heavy atom. The van der Waals surface area contributed by atoms with Crippen molar-refractivity contribution in [2.45, 2.75) is 50.5 Å². The number of rotatable bonds is 7. The molecule has 0 bridgehead atoms. The number of aliphatic hydroxyl groups is 2. The zero-order valence-corrected chi connectivity index (χ0v) is 28.2. The van der Waals surface area contributed by atoms with Gasteiger partial charge in [-0.3, -0.25) is 19.1 Å². The number of hydrogen-bond donors (Lipinski definition) is 3. The summed E-state index contributed by atoms with van der Waals surface area (Å²) in [4.78, 5) is 40.2. The summed E-state index contributed by atoms with van der Waals surface area (Å²) in [6.07, 6.45) is 7.33. The SMILES string of the molecule is Cn1cc(-c2ccnc(-n3ccn4c5c(cc4c3=O)CCC(F)(F)C5)c2CO)cc(Nc2ccc(N3CCN(C4COC4)C[C@]3(C)O)cn2)c1=O. The normalized spacial score (nSPS) is 20.7. The molecule has 15 heteroatoms. The highest BCUT2D eigenvalue weighted by atomic mass is 19.3. The van der Waals surface area contributed by atoms with E-state index in [4.69, 9.17) is 4.74 Å². The topological polar surface area (TPSA) is 142 Å². The van der Waals surface area contributed by atoms with E-state index in [1.807, 2.05) is 11.0 Å². The Morgan fingerprint density at radius 2 is 1.90 bits per heavy atom. The smallest absolute Gasteiger partial charge is 0.280 e. The van der Waals surface area contributed by atoms with Crippen LogP contribution in [0.2, 0.25) is 0 Å². The Bertz CT molecular complexity index is 2260. The number of nitrogens with zero attached hydrogens (tertiary/aromatic N) is 7. The summed E-state index contributed by atoms with van der Waals surface area (Å²) >= 11 is 0. The number of hydrogen-bond acceptors (Lipinski definition) is 10. The molecule has 3 aliphatic rings. The number of piperazine rings is 1. The largest absolute Gasteiger partial charge is 0.392 e. The second-order valence-corrected chi connectivity index (χ2v) is 13.8. The van der Waals surface area contributed by atoms with E-state index in [1.165, 1.54) is 25.9 Å². The van der Waals surface area contributed by atoms with Crippen LogP contribution in [0.1, 0.15) is 30.2 Å². The Hall–Kier alpha value is -4.96. The third-order valence-corrected chi connectivity index (χ3v) is 10.3. The summed E-state index contributed by atoms with van der Waals surface area (Å²) in [7, 11) is 1.61. The van der Waals surface area contributed by atoms with Gasteiger partial charge in [0.15, 0.2) is 0 Å². The standard InChI is InChI=1S/C36H38F2N8O5/c1-35(50)21-43(25-19-51-20-25)9-12-46(35)24-3-4-31(40-16-24)41-28-13-23(17-42(2)33(28)48)26-6-8-39-32(27(26)18-47)45-11-10-44-29(34(45)49)14-22-5-7-36(37,38)15-30(22)44/h3-4,6,8,10-11,13-14,16-17,25,47,50H,5,7,9,12,15,18-21H2,1-2H3,(H,40,41)/t35-/m0/s1. The Morgan fingerprint density at radius 3 is 2.61 bits per heavy atom. The third-order valence-electron chi connectivity index (χ3n) is 10.3. The van der Waals surface area contributed by atoms with Crippen molar-refractivity contribution < 1.29 is 23.7 Å². The lowest BCUT2D eigenvalue weighted by molar-refractivity contribution is -0.101. The number of nitrogens with one attached hydrogen (secondary N) is 1. The summed E-state index contributed by atoms with van der Waals surface area (Å²) in [5.41, 5.74) is 1.97. The van der Waals surface area contributed by atoms with Gasteiger partial charge in [-0.15, -0.1) is 0 Å². The molecule has 13 nitrogen and oxygen atoms in total. The van der Waals surface area contributed by atoms with Crippen LogP contribution in [0.4, 0.5) is 26.0 Å². The fourth-order valence-electron chi connectivity index (χ4n) is 7.50. The van der Waals surface area contributed by atoms with Crippen LogP contribution in [0.5, 0.6) is 0 Å². The van der Waals surface area contributed by atoms with E-state index in [0.717, 1.165) is 17.8 Å². The van der Waals surface area contributed by atoms with Crippen molar-refractivity contribution in [1.29, 1.82) is 0 Å². The van der Waals surface area contributed by atoms with Crippen molar-refractivity contribution in [1.82, 2.24) is 28.4 Å². The van der Waals surface area contributed by atoms with E-state index in [0.29, 0.717) is 60.5 Å². The molecule has 5 aromatic heterocycles.